The van der Waals surface area contributed by atoms with E-state index in [1.807, 2.05) is 46.7 Å². The number of halogens is 2. The maximum absolute atomic E-state index is 12.7. The van der Waals surface area contributed by atoms with Gasteiger partial charge in [-0.15, -0.1) is 11.3 Å². The molecule has 1 aliphatic heterocycles. The van der Waals surface area contributed by atoms with Crippen LogP contribution in [0.5, 0.6) is 0 Å². The molecule has 1 aromatic heterocycles. The monoisotopic (exact) mass is 521 g/mol. The summed E-state index contributed by atoms with van der Waals surface area (Å²) < 4.78 is 2.09. The van der Waals surface area contributed by atoms with Crippen molar-refractivity contribution in [2.45, 2.75) is 16.5 Å². The molecule has 4 nitrogen and oxygen atoms in total. The highest BCUT2D eigenvalue weighted by atomic mass is 79.9. The number of benzene rings is 2. The Hall–Kier alpha value is -1.54. The first-order valence-electron chi connectivity index (χ1n) is 9.67. The summed E-state index contributed by atoms with van der Waals surface area (Å²) in [6.07, 6.45) is 0.363. The zero-order chi connectivity index (χ0) is 20.9. The number of aromatic nitrogens is 1. The number of hydrogen-bond acceptors (Lipinski definition) is 5. The highest BCUT2D eigenvalue weighted by Gasteiger charge is 2.23. The summed E-state index contributed by atoms with van der Waals surface area (Å²) in [5.41, 5.74) is 3.16. The minimum absolute atomic E-state index is 0.142. The first-order chi connectivity index (χ1) is 14.6. The van der Waals surface area contributed by atoms with Crippen molar-refractivity contribution in [2.24, 2.45) is 0 Å². The van der Waals surface area contributed by atoms with Crippen LogP contribution in [0.25, 0.3) is 0 Å². The number of rotatable bonds is 6. The summed E-state index contributed by atoms with van der Waals surface area (Å²) in [4.78, 5) is 21.6. The van der Waals surface area contributed by atoms with Crippen LogP contribution < -0.4 is 4.90 Å². The predicted octanol–water partition coefficient (Wildman–Crippen LogP) is 5.74. The van der Waals surface area contributed by atoms with E-state index in [4.69, 9.17) is 11.6 Å². The van der Waals surface area contributed by atoms with E-state index < -0.39 is 0 Å². The minimum atomic E-state index is 0.142. The molecular weight excluding hydrogens is 502 g/mol. The molecule has 1 aliphatic rings. The highest BCUT2D eigenvalue weighted by molar-refractivity contribution is 9.10. The van der Waals surface area contributed by atoms with E-state index in [1.54, 1.807) is 23.1 Å². The van der Waals surface area contributed by atoms with Crippen LogP contribution in [-0.2, 0) is 17.0 Å². The third-order valence-electron chi connectivity index (χ3n) is 4.96. The molecule has 1 saturated heterocycles. The summed E-state index contributed by atoms with van der Waals surface area (Å²) in [6, 6.07) is 16.2. The van der Waals surface area contributed by atoms with Gasteiger partial charge in [-0.25, -0.2) is 4.98 Å². The van der Waals surface area contributed by atoms with Crippen molar-refractivity contribution in [2.75, 3.05) is 31.1 Å². The molecule has 3 aromatic rings. The number of piperazine rings is 1. The molecule has 1 amide bonds. The number of carbonyl (C=O) groups is 1. The minimum Gasteiger partial charge on any atom is -0.367 e. The summed E-state index contributed by atoms with van der Waals surface area (Å²) in [6.45, 7) is 3.00. The molecule has 0 bridgehead atoms. The summed E-state index contributed by atoms with van der Waals surface area (Å²) >= 11 is 13.1. The van der Waals surface area contributed by atoms with Gasteiger partial charge in [-0.05, 0) is 29.8 Å². The fourth-order valence-corrected chi connectivity index (χ4v) is 5.65. The quantitative estimate of drug-likeness (QED) is 0.387. The number of carbonyl (C=O) groups excluding carboxylic acids is 1. The largest absolute Gasteiger partial charge is 0.367 e. The van der Waals surface area contributed by atoms with Gasteiger partial charge in [0.1, 0.15) is 4.34 Å². The SMILES string of the molecule is O=C(Cc1csc(SCc2ccc(Br)cc2)n1)N1CCN(c2ccccc2Cl)CC1. The first-order valence-corrected chi connectivity index (χ1v) is 12.7. The second-order valence-corrected chi connectivity index (χ2v) is 10.4. The molecular formula is C22H21BrClN3OS2. The van der Waals surface area contributed by atoms with Gasteiger partial charge >= 0.3 is 0 Å². The smallest absolute Gasteiger partial charge is 0.228 e. The fraction of sp³-hybridized carbons (Fsp3) is 0.273. The van der Waals surface area contributed by atoms with Gasteiger partial charge < -0.3 is 9.80 Å². The van der Waals surface area contributed by atoms with Crippen molar-refractivity contribution >= 4 is 62.2 Å². The zero-order valence-corrected chi connectivity index (χ0v) is 20.2. The Morgan fingerprint density at radius 1 is 1.10 bits per heavy atom. The van der Waals surface area contributed by atoms with Crippen LogP contribution in [0.15, 0.2) is 62.7 Å². The fourth-order valence-electron chi connectivity index (χ4n) is 3.33. The Labute approximate surface area is 198 Å². The van der Waals surface area contributed by atoms with Crippen molar-refractivity contribution in [1.82, 2.24) is 9.88 Å². The number of nitrogens with zero attached hydrogens (tertiary/aromatic N) is 3. The maximum atomic E-state index is 12.7. The standard InChI is InChI=1S/C22H21BrClN3OS2/c23-17-7-5-16(6-8-17)14-29-22-25-18(15-30-22)13-21(28)27-11-9-26(10-12-27)20-4-2-1-3-19(20)24/h1-8,15H,9-14H2. The first kappa shape index (κ1) is 21.7. The van der Waals surface area contributed by atoms with Crippen molar-refractivity contribution in [3.8, 4) is 0 Å². The Morgan fingerprint density at radius 2 is 1.83 bits per heavy atom. The molecule has 0 saturated carbocycles. The van der Waals surface area contributed by atoms with Gasteiger partial charge in [0, 0.05) is 41.8 Å². The summed E-state index contributed by atoms with van der Waals surface area (Å²) in [5, 5.41) is 2.76. The third kappa shape index (κ3) is 5.58. The summed E-state index contributed by atoms with van der Waals surface area (Å²) in [5.74, 6) is 1.02. The van der Waals surface area contributed by atoms with Gasteiger partial charge in [-0.3, -0.25) is 4.79 Å². The predicted molar refractivity (Wildman–Crippen MR) is 130 cm³/mol. The van der Waals surface area contributed by atoms with E-state index in [-0.39, 0.29) is 5.91 Å². The highest BCUT2D eigenvalue weighted by Crippen LogP contribution is 2.28. The van der Waals surface area contributed by atoms with E-state index >= 15 is 0 Å². The lowest BCUT2D eigenvalue weighted by atomic mass is 10.2. The van der Waals surface area contributed by atoms with E-state index in [0.717, 1.165) is 44.1 Å². The molecule has 0 spiro atoms. The van der Waals surface area contributed by atoms with Gasteiger partial charge in [0.15, 0.2) is 0 Å². The van der Waals surface area contributed by atoms with Gasteiger partial charge in [0.05, 0.1) is 22.8 Å². The molecule has 2 aromatic carbocycles. The molecule has 0 aliphatic carbocycles. The molecule has 8 heteroatoms. The van der Waals surface area contributed by atoms with Gasteiger partial charge in [-0.1, -0.05) is 63.6 Å². The molecule has 2 heterocycles. The van der Waals surface area contributed by atoms with E-state index in [2.05, 4.69) is 37.9 Å². The van der Waals surface area contributed by atoms with Gasteiger partial charge in [-0.2, -0.15) is 0 Å². The van der Waals surface area contributed by atoms with Crippen LogP contribution in [0.4, 0.5) is 5.69 Å². The number of para-hydroxylation sites is 1. The van der Waals surface area contributed by atoms with Crippen molar-refractivity contribution in [3.05, 3.63) is 74.7 Å². The lowest BCUT2D eigenvalue weighted by Gasteiger charge is -2.36. The van der Waals surface area contributed by atoms with Crippen LogP contribution in [0.1, 0.15) is 11.3 Å². The summed E-state index contributed by atoms with van der Waals surface area (Å²) in [7, 11) is 0. The molecule has 0 N–H and O–H groups in total. The molecule has 0 atom stereocenters. The number of thiazole rings is 1. The Morgan fingerprint density at radius 3 is 2.57 bits per heavy atom. The number of hydrogen-bond donors (Lipinski definition) is 0. The van der Waals surface area contributed by atoms with Crippen LogP contribution in [0.3, 0.4) is 0 Å². The van der Waals surface area contributed by atoms with Crippen LogP contribution >= 0.6 is 50.6 Å². The number of thioether (sulfide) groups is 1. The number of anilines is 1. The van der Waals surface area contributed by atoms with Crippen LogP contribution in [0.2, 0.25) is 5.02 Å². The molecule has 30 heavy (non-hydrogen) atoms. The Balaban J connectivity index is 1.26. The third-order valence-corrected chi connectivity index (χ3v) is 7.95. The molecule has 156 valence electrons. The van der Waals surface area contributed by atoms with Crippen molar-refractivity contribution in [1.29, 1.82) is 0 Å². The molecule has 1 fully saturated rings. The average Bonchev–Trinajstić information content (AvgIpc) is 3.21. The molecule has 4 rings (SSSR count). The van der Waals surface area contributed by atoms with E-state index in [0.29, 0.717) is 19.5 Å². The second kappa shape index (κ2) is 10.2. The number of amides is 1. The normalized spacial score (nSPS) is 14.2. The molecule has 0 radical (unpaired) electrons. The second-order valence-electron chi connectivity index (χ2n) is 7.02. The van der Waals surface area contributed by atoms with Crippen molar-refractivity contribution < 1.29 is 4.79 Å². The average molecular weight is 523 g/mol. The lowest BCUT2D eigenvalue weighted by molar-refractivity contribution is -0.130. The molecule has 0 unspecified atom stereocenters. The topological polar surface area (TPSA) is 36.4 Å². The van der Waals surface area contributed by atoms with E-state index in [1.165, 1.54) is 5.56 Å². The van der Waals surface area contributed by atoms with E-state index in [9.17, 15) is 4.79 Å². The Kier molecular flexibility index (Phi) is 7.36. The lowest BCUT2D eigenvalue weighted by Crippen LogP contribution is -2.49. The van der Waals surface area contributed by atoms with Gasteiger partial charge in [0.25, 0.3) is 0 Å². The van der Waals surface area contributed by atoms with Gasteiger partial charge in [0.2, 0.25) is 5.91 Å². The van der Waals surface area contributed by atoms with Crippen LogP contribution in [-0.4, -0.2) is 42.0 Å². The van der Waals surface area contributed by atoms with Crippen molar-refractivity contribution in [3.63, 3.8) is 0 Å². The zero-order valence-electron chi connectivity index (χ0n) is 16.3. The van der Waals surface area contributed by atoms with Crippen LogP contribution in [0, 0.1) is 0 Å². The Bertz CT molecular complexity index is 1000. The maximum Gasteiger partial charge on any atom is 0.228 e.